The Hall–Kier alpha value is -7.22. The first-order chi connectivity index (χ1) is 30.3. The lowest BCUT2D eigenvalue weighted by Gasteiger charge is -2.48. The fourth-order valence-corrected chi connectivity index (χ4v) is 11.8. The summed E-state index contributed by atoms with van der Waals surface area (Å²) in [5, 5.41) is 0. The van der Waals surface area contributed by atoms with Crippen molar-refractivity contribution < 1.29 is 0 Å². The largest absolute Gasteiger partial charge is 0.310 e. The number of rotatable bonds is 5. The molecule has 0 amide bonds. The Kier molecular flexibility index (Phi) is 7.91. The zero-order chi connectivity index (χ0) is 41.8. The van der Waals surface area contributed by atoms with Crippen molar-refractivity contribution in [2.24, 2.45) is 0 Å². The van der Waals surface area contributed by atoms with E-state index in [2.05, 4.69) is 245 Å². The molecule has 9 aromatic carbocycles. The van der Waals surface area contributed by atoms with Crippen LogP contribution >= 0.6 is 0 Å². The van der Waals surface area contributed by atoms with Gasteiger partial charge >= 0.3 is 0 Å². The maximum atomic E-state index is 2.55. The van der Waals surface area contributed by atoms with E-state index in [-0.39, 0.29) is 10.8 Å². The lowest BCUT2D eigenvalue weighted by Crippen LogP contribution is -2.41. The van der Waals surface area contributed by atoms with Crippen LogP contribution in [0, 0.1) is 0 Å². The second-order valence-corrected chi connectivity index (χ2v) is 18.4. The van der Waals surface area contributed by atoms with Gasteiger partial charge in [0.15, 0.2) is 0 Å². The van der Waals surface area contributed by atoms with E-state index in [1.807, 2.05) is 0 Å². The smallest absolute Gasteiger partial charge is 0.0720 e. The van der Waals surface area contributed by atoms with Crippen LogP contribution in [0.15, 0.2) is 212 Å². The van der Waals surface area contributed by atoms with E-state index < -0.39 is 5.41 Å². The monoisotopic (exact) mass is 793 g/mol. The van der Waals surface area contributed by atoms with Gasteiger partial charge in [0, 0.05) is 22.2 Å². The Labute approximate surface area is 365 Å². The number of benzene rings is 9. The minimum atomic E-state index is -0.543. The first-order valence-electron chi connectivity index (χ1n) is 22.0. The molecule has 3 aliphatic rings. The number of hydrogen-bond donors (Lipinski definition) is 0. The van der Waals surface area contributed by atoms with Gasteiger partial charge in [0.05, 0.1) is 11.1 Å². The third-order valence-electron chi connectivity index (χ3n) is 14.5. The lowest BCUT2D eigenvalue weighted by molar-refractivity contribution is 0.564. The molecule has 9 aromatic rings. The van der Waals surface area contributed by atoms with Gasteiger partial charge in [-0.1, -0.05) is 210 Å². The minimum absolute atomic E-state index is 0.142. The highest BCUT2D eigenvalue weighted by molar-refractivity contribution is 5.97. The lowest BCUT2D eigenvalue weighted by atomic mass is 9.55. The van der Waals surface area contributed by atoms with Crippen LogP contribution in [0.25, 0.3) is 44.5 Å². The molecule has 1 atom stereocenters. The summed E-state index contributed by atoms with van der Waals surface area (Å²) in [6.45, 7) is 9.66. The summed E-state index contributed by atoms with van der Waals surface area (Å²) in [5.41, 5.74) is 23.5. The molecule has 0 saturated heterocycles. The maximum Gasteiger partial charge on any atom is 0.0720 e. The molecular formula is C61H47N. The topological polar surface area (TPSA) is 3.24 Å². The zero-order valence-corrected chi connectivity index (χ0v) is 35.7. The number of fused-ring (bicyclic) bond motifs is 12. The molecule has 0 radical (unpaired) electrons. The van der Waals surface area contributed by atoms with Gasteiger partial charge in [-0.3, -0.25) is 0 Å². The van der Waals surface area contributed by atoms with Gasteiger partial charge in [-0.2, -0.15) is 0 Å². The van der Waals surface area contributed by atoms with Gasteiger partial charge in [0.2, 0.25) is 0 Å². The zero-order valence-electron chi connectivity index (χ0n) is 35.7. The van der Waals surface area contributed by atoms with Gasteiger partial charge in [-0.05, 0) is 119 Å². The second-order valence-electron chi connectivity index (χ2n) is 18.4. The highest BCUT2D eigenvalue weighted by Crippen LogP contribution is 2.65. The third kappa shape index (κ3) is 4.97. The molecule has 12 rings (SSSR count). The Morgan fingerprint density at radius 1 is 0.306 bits per heavy atom. The first kappa shape index (κ1) is 36.6. The number of anilines is 3. The van der Waals surface area contributed by atoms with Gasteiger partial charge in [0.25, 0.3) is 0 Å². The van der Waals surface area contributed by atoms with Crippen LogP contribution in [0.2, 0.25) is 0 Å². The molecule has 1 nitrogen and oxygen atoms in total. The van der Waals surface area contributed by atoms with Crippen LogP contribution in [0.4, 0.5) is 17.1 Å². The van der Waals surface area contributed by atoms with E-state index >= 15 is 0 Å². The van der Waals surface area contributed by atoms with Crippen molar-refractivity contribution in [1.29, 1.82) is 0 Å². The van der Waals surface area contributed by atoms with Crippen molar-refractivity contribution in [3.05, 3.63) is 257 Å². The second kappa shape index (κ2) is 13.4. The van der Waals surface area contributed by atoms with Gasteiger partial charge in [-0.25, -0.2) is 0 Å². The van der Waals surface area contributed by atoms with E-state index in [0.717, 1.165) is 11.4 Å². The summed E-state index contributed by atoms with van der Waals surface area (Å²) in [5.74, 6) is 0. The SMILES string of the molecule is CC1(C)c2ccccc2-c2ccc(N(c3ccc(-c4ccccc4)cc3)c3cccc4c3C(C)(C)c3ccccc3C43c4ccccc4-c4c(-c5ccccc5)cccc43)cc21. The van der Waals surface area contributed by atoms with E-state index in [9.17, 15) is 0 Å². The molecule has 0 aliphatic heterocycles. The maximum absolute atomic E-state index is 2.55. The van der Waals surface area contributed by atoms with Crippen LogP contribution in [0.3, 0.4) is 0 Å². The standard InChI is InChI=1S/C61H47N/c1-59(2)49-26-13-11-23-46(49)47-38-37-44(39-55(47)59)62(43-35-33-41(34-36-43)40-19-7-5-8-20-40)56-32-18-31-54-58(56)60(3,4)51-28-15-16-29-52(51)61(54)50-27-14-12-24-48(50)57-45(25-17-30-53(57)61)42-21-9-6-10-22-42/h5-39H,1-4H3. The van der Waals surface area contributed by atoms with Crippen LogP contribution in [-0.4, -0.2) is 0 Å². The van der Waals surface area contributed by atoms with E-state index in [1.165, 1.54) is 94.7 Å². The van der Waals surface area contributed by atoms with E-state index in [0.29, 0.717) is 0 Å². The fraction of sp³-hybridized carbons (Fsp3) is 0.115. The third-order valence-corrected chi connectivity index (χ3v) is 14.5. The van der Waals surface area contributed by atoms with Crippen molar-refractivity contribution in [1.82, 2.24) is 0 Å². The first-order valence-corrected chi connectivity index (χ1v) is 22.0. The molecule has 0 N–H and O–H groups in total. The molecule has 0 saturated carbocycles. The Bertz CT molecular complexity index is 3230. The average Bonchev–Trinajstić information content (AvgIpc) is 3.75. The highest BCUT2D eigenvalue weighted by atomic mass is 15.1. The summed E-state index contributed by atoms with van der Waals surface area (Å²) < 4.78 is 0. The molecule has 1 unspecified atom stereocenters. The highest BCUT2D eigenvalue weighted by Gasteiger charge is 2.54. The molecule has 62 heavy (non-hydrogen) atoms. The molecule has 0 fully saturated rings. The molecule has 3 aliphatic carbocycles. The minimum Gasteiger partial charge on any atom is -0.310 e. The van der Waals surface area contributed by atoms with Crippen LogP contribution in [0.1, 0.15) is 72.2 Å². The Balaban J connectivity index is 1.16. The van der Waals surface area contributed by atoms with E-state index in [4.69, 9.17) is 0 Å². The van der Waals surface area contributed by atoms with Crippen molar-refractivity contribution in [2.45, 2.75) is 43.9 Å². The van der Waals surface area contributed by atoms with E-state index in [1.54, 1.807) is 0 Å². The average molecular weight is 794 g/mol. The predicted octanol–water partition coefficient (Wildman–Crippen LogP) is 15.8. The van der Waals surface area contributed by atoms with Crippen molar-refractivity contribution in [2.75, 3.05) is 4.90 Å². The fourth-order valence-electron chi connectivity index (χ4n) is 11.8. The van der Waals surface area contributed by atoms with Crippen molar-refractivity contribution in [3.63, 3.8) is 0 Å². The van der Waals surface area contributed by atoms with Crippen LogP contribution in [-0.2, 0) is 16.2 Å². The van der Waals surface area contributed by atoms with Gasteiger partial charge in [-0.15, -0.1) is 0 Å². The molecule has 1 spiro atoms. The summed E-state index contributed by atoms with van der Waals surface area (Å²) in [6, 6.07) is 79.7. The summed E-state index contributed by atoms with van der Waals surface area (Å²) >= 11 is 0. The molecular weight excluding hydrogens is 747 g/mol. The van der Waals surface area contributed by atoms with Crippen LogP contribution < -0.4 is 4.90 Å². The molecule has 1 heteroatoms. The Morgan fingerprint density at radius 3 is 1.56 bits per heavy atom. The van der Waals surface area contributed by atoms with Crippen molar-refractivity contribution >= 4 is 17.1 Å². The summed E-state index contributed by atoms with van der Waals surface area (Å²) in [6.07, 6.45) is 0. The normalized spacial score (nSPS) is 16.7. The summed E-state index contributed by atoms with van der Waals surface area (Å²) in [4.78, 5) is 2.55. The molecule has 0 heterocycles. The van der Waals surface area contributed by atoms with Crippen LogP contribution in [0.5, 0.6) is 0 Å². The summed E-state index contributed by atoms with van der Waals surface area (Å²) in [7, 11) is 0. The predicted molar refractivity (Wildman–Crippen MR) is 259 cm³/mol. The van der Waals surface area contributed by atoms with Gasteiger partial charge < -0.3 is 4.90 Å². The van der Waals surface area contributed by atoms with Gasteiger partial charge in [0.1, 0.15) is 0 Å². The molecule has 0 aromatic heterocycles. The van der Waals surface area contributed by atoms with Crippen molar-refractivity contribution in [3.8, 4) is 44.5 Å². The molecule has 0 bridgehead atoms. The Morgan fingerprint density at radius 2 is 0.823 bits per heavy atom. The molecule has 296 valence electrons. The number of nitrogens with zero attached hydrogens (tertiary/aromatic N) is 1. The number of hydrogen-bond acceptors (Lipinski definition) is 1. The quantitative estimate of drug-likeness (QED) is 0.168.